The molecule has 0 saturated heterocycles. The van der Waals surface area contributed by atoms with E-state index >= 15 is 0 Å². The van der Waals surface area contributed by atoms with Crippen molar-refractivity contribution < 1.29 is 29.0 Å². The molecule has 146 valence electrons. The lowest BCUT2D eigenvalue weighted by Gasteiger charge is -2.38. The average molecular weight is 384 g/mol. The van der Waals surface area contributed by atoms with Gasteiger partial charge in [-0.2, -0.15) is 0 Å². The van der Waals surface area contributed by atoms with E-state index in [9.17, 15) is 19.5 Å². The molecular formula is C20H20N2O6. The smallest absolute Gasteiger partial charge is 0.408 e. The number of carboxylic acid groups (broad SMARTS) is 1. The highest BCUT2D eigenvalue weighted by atomic mass is 16.5. The predicted octanol–water partition coefficient (Wildman–Crippen LogP) is 2.86. The third kappa shape index (κ3) is 4.06. The lowest BCUT2D eigenvalue weighted by Crippen LogP contribution is -2.49. The summed E-state index contributed by atoms with van der Waals surface area (Å²) in [6.45, 7) is -0.0129. The first kappa shape index (κ1) is 19.2. The standard InChI is InChI=1S/C20H20N2O6/c1-27-18(23)17-15-10-6-5-9-14(15)16(11-22(17)20(25)26)21-19(24)28-12-13-7-3-2-4-8-13/h2-10,16-17H,11-12H2,1H3,(H,21,24)(H,25,26). The summed E-state index contributed by atoms with van der Waals surface area (Å²) in [7, 11) is 1.20. The fourth-order valence-corrected chi connectivity index (χ4v) is 3.23. The Morgan fingerprint density at radius 3 is 2.36 bits per heavy atom. The van der Waals surface area contributed by atoms with Gasteiger partial charge in [-0.05, 0) is 16.7 Å². The van der Waals surface area contributed by atoms with E-state index < -0.39 is 30.2 Å². The second kappa shape index (κ2) is 8.43. The normalized spacial score (nSPS) is 18.0. The topological polar surface area (TPSA) is 105 Å². The maximum absolute atomic E-state index is 12.3. The highest BCUT2D eigenvalue weighted by Gasteiger charge is 2.41. The van der Waals surface area contributed by atoms with Crippen LogP contribution < -0.4 is 5.32 Å². The maximum Gasteiger partial charge on any atom is 0.408 e. The van der Waals surface area contributed by atoms with Gasteiger partial charge in [0, 0.05) is 6.54 Å². The van der Waals surface area contributed by atoms with Crippen molar-refractivity contribution in [2.75, 3.05) is 13.7 Å². The molecular weight excluding hydrogens is 364 g/mol. The summed E-state index contributed by atoms with van der Waals surface area (Å²) in [6, 6.07) is 14.3. The second-order valence-corrected chi connectivity index (χ2v) is 6.25. The molecule has 2 N–H and O–H groups in total. The highest BCUT2D eigenvalue weighted by molar-refractivity contribution is 5.83. The van der Waals surface area contributed by atoms with Crippen LogP contribution in [0, 0.1) is 0 Å². The van der Waals surface area contributed by atoms with E-state index in [2.05, 4.69) is 5.32 Å². The van der Waals surface area contributed by atoms with Crippen LogP contribution in [0.1, 0.15) is 28.8 Å². The molecule has 2 atom stereocenters. The molecule has 0 spiro atoms. The molecule has 3 rings (SSSR count). The van der Waals surface area contributed by atoms with E-state index in [-0.39, 0.29) is 13.2 Å². The molecule has 2 aromatic carbocycles. The summed E-state index contributed by atoms with van der Waals surface area (Å²) < 4.78 is 10.0. The van der Waals surface area contributed by atoms with Crippen molar-refractivity contribution in [3.8, 4) is 0 Å². The number of amides is 2. The van der Waals surface area contributed by atoms with Crippen LogP contribution in [0.4, 0.5) is 9.59 Å². The minimum Gasteiger partial charge on any atom is -0.467 e. The number of hydrogen-bond acceptors (Lipinski definition) is 5. The van der Waals surface area contributed by atoms with Crippen LogP contribution in [0.3, 0.4) is 0 Å². The van der Waals surface area contributed by atoms with E-state index in [0.29, 0.717) is 11.1 Å². The molecule has 28 heavy (non-hydrogen) atoms. The molecule has 0 fully saturated rings. The van der Waals surface area contributed by atoms with Gasteiger partial charge in [0.1, 0.15) is 6.61 Å². The van der Waals surface area contributed by atoms with E-state index in [1.807, 2.05) is 30.3 Å². The molecule has 8 nitrogen and oxygen atoms in total. The lowest BCUT2D eigenvalue weighted by molar-refractivity contribution is -0.147. The van der Waals surface area contributed by atoms with Crippen molar-refractivity contribution in [2.24, 2.45) is 0 Å². The predicted molar refractivity (Wildman–Crippen MR) is 98.4 cm³/mol. The van der Waals surface area contributed by atoms with Crippen LogP contribution in [-0.4, -0.2) is 41.8 Å². The van der Waals surface area contributed by atoms with Crippen molar-refractivity contribution >= 4 is 18.2 Å². The van der Waals surface area contributed by atoms with Gasteiger partial charge in [0.25, 0.3) is 0 Å². The quantitative estimate of drug-likeness (QED) is 0.786. The van der Waals surface area contributed by atoms with Crippen LogP contribution in [0.15, 0.2) is 54.6 Å². The summed E-state index contributed by atoms with van der Waals surface area (Å²) in [5.41, 5.74) is 1.95. The summed E-state index contributed by atoms with van der Waals surface area (Å²) in [6.07, 6.45) is -1.96. The average Bonchev–Trinajstić information content (AvgIpc) is 2.72. The van der Waals surface area contributed by atoms with Gasteiger partial charge in [-0.3, -0.25) is 4.90 Å². The zero-order valence-electron chi connectivity index (χ0n) is 15.2. The first-order valence-corrected chi connectivity index (χ1v) is 8.64. The van der Waals surface area contributed by atoms with Gasteiger partial charge in [0.05, 0.1) is 13.2 Å². The van der Waals surface area contributed by atoms with Crippen LogP contribution in [0.2, 0.25) is 0 Å². The largest absolute Gasteiger partial charge is 0.467 e. The minimum absolute atomic E-state index is 0.0917. The van der Waals surface area contributed by atoms with Crippen molar-refractivity contribution in [3.05, 3.63) is 71.3 Å². The molecule has 0 aliphatic carbocycles. The van der Waals surface area contributed by atoms with Gasteiger partial charge in [-0.15, -0.1) is 0 Å². The third-order valence-corrected chi connectivity index (χ3v) is 4.53. The maximum atomic E-state index is 12.3. The Labute approximate surface area is 161 Å². The molecule has 0 aromatic heterocycles. The Bertz CT molecular complexity index is 870. The Morgan fingerprint density at radius 2 is 1.71 bits per heavy atom. The fraction of sp³-hybridized carbons (Fsp3) is 0.250. The molecule has 0 bridgehead atoms. The second-order valence-electron chi connectivity index (χ2n) is 6.25. The number of ether oxygens (including phenoxy) is 2. The minimum atomic E-state index is -1.28. The molecule has 1 aliphatic heterocycles. The summed E-state index contributed by atoms with van der Waals surface area (Å²) in [5, 5.41) is 12.2. The van der Waals surface area contributed by atoms with Gasteiger partial charge >= 0.3 is 18.2 Å². The number of alkyl carbamates (subject to hydrolysis) is 1. The number of nitrogens with one attached hydrogen (secondary N) is 1. The van der Waals surface area contributed by atoms with E-state index in [4.69, 9.17) is 9.47 Å². The summed E-state index contributed by atoms with van der Waals surface area (Å²) in [5.74, 6) is -0.681. The van der Waals surface area contributed by atoms with Gasteiger partial charge in [0.2, 0.25) is 0 Å². The lowest BCUT2D eigenvalue weighted by atomic mass is 9.89. The zero-order chi connectivity index (χ0) is 20.1. The Morgan fingerprint density at radius 1 is 1.07 bits per heavy atom. The molecule has 0 saturated carbocycles. The van der Waals surface area contributed by atoms with Crippen LogP contribution in [0.5, 0.6) is 0 Å². The number of methoxy groups -OCH3 is 1. The van der Waals surface area contributed by atoms with Gasteiger partial charge in [-0.25, -0.2) is 14.4 Å². The number of nitrogens with zero attached hydrogens (tertiary/aromatic N) is 1. The molecule has 2 unspecified atom stereocenters. The van der Waals surface area contributed by atoms with E-state index in [1.54, 1.807) is 24.3 Å². The van der Waals surface area contributed by atoms with Gasteiger partial charge < -0.3 is 19.9 Å². The first-order valence-electron chi connectivity index (χ1n) is 8.64. The van der Waals surface area contributed by atoms with Gasteiger partial charge in [-0.1, -0.05) is 54.6 Å². The molecule has 2 amide bonds. The Kier molecular flexibility index (Phi) is 5.78. The molecule has 1 heterocycles. The zero-order valence-corrected chi connectivity index (χ0v) is 15.2. The summed E-state index contributed by atoms with van der Waals surface area (Å²) in [4.78, 5) is 37.1. The SMILES string of the molecule is COC(=O)C1c2ccccc2C(NC(=O)OCc2ccccc2)CN1C(=O)O. The summed E-state index contributed by atoms with van der Waals surface area (Å²) >= 11 is 0. The number of hydrogen-bond donors (Lipinski definition) is 2. The Balaban J connectivity index is 1.79. The van der Waals surface area contributed by atoms with Crippen molar-refractivity contribution in [2.45, 2.75) is 18.7 Å². The highest BCUT2D eigenvalue weighted by Crippen LogP contribution is 2.35. The third-order valence-electron chi connectivity index (χ3n) is 4.53. The number of rotatable bonds is 4. The number of esters is 1. The Hall–Kier alpha value is -3.55. The first-order chi connectivity index (χ1) is 13.5. The number of fused-ring (bicyclic) bond motifs is 1. The van der Waals surface area contributed by atoms with Crippen LogP contribution >= 0.6 is 0 Å². The van der Waals surface area contributed by atoms with Crippen LogP contribution in [-0.2, 0) is 20.9 Å². The molecule has 8 heteroatoms. The number of benzene rings is 2. The molecule has 2 aromatic rings. The fourth-order valence-electron chi connectivity index (χ4n) is 3.23. The number of carbonyl (C=O) groups is 3. The van der Waals surface area contributed by atoms with Crippen LogP contribution in [0.25, 0.3) is 0 Å². The molecule has 0 radical (unpaired) electrons. The van der Waals surface area contributed by atoms with E-state index in [0.717, 1.165) is 10.5 Å². The number of carbonyl (C=O) groups excluding carboxylic acids is 2. The van der Waals surface area contributed by atoms with Crippen molar-refractivity contribution in [1.82, 2.24) is 10.2 Å². The van der Waals surface area contributed by atoms with E-state index in [1.165, 1.54) is 7.11 Å². The van der Waals surface area contributed by atoms with Crippen molar-refractivity contribution in [1.29, 1.82) is 0 Å². The monoisotopic (exact) mass is 384 g/mol. The van der Waals surface area contributed by atoms with Crippen molar-refractivity contribution in [3.63, 3.8) is 0 Å². The molecule has 1 aliphatic rings. The van der Waals surface area contributed by atoms with Gasteiger partial charge in [0.15, 0.2) is 6.04 Å².